The zero-order valence-electron chi connectivity index (χ0n) is 10.5. The molecule has 0 atom stereocenters. The first kappa shape index (κ1) is 12.8. The number of fused-ring (bicyclic) bond motifs is 1. The Balaban J connectivity index is 1.57. The molecule has 0 aromatic carbocycles. The third-order valence-electron chi connectivity index (χ3n) is 3.06. The third-order valence-corrected chi connectivity index (χ3v) is 3.60. The maximum Gasteiger partial charge on any atom is 0.231 e. The van der Waals surface area contributed by atoms with Crippen molar-refractivity contribution in [3.05, 3.63) is 22.9 Å². The maximum atomic E-state index is 5.68. The van der Waals surface area contributed by atoms with E-state index in [2.05, 4.69) is 30.9 Å². The van der Waals surface area contributed by atoms with E-state index in [1.54, 1.807) is 10.7 Å². The van der Waals surface area contributed by atoms with Crippen LogP contribution in [0.5, 0.6) is 5.88 Å². The van der Waals surface area contributed by atoms with Gasteiger partial charge in [-0.05, 0) is 22.0 Å². The normalized spacial score (nSPS) is 16.9. The van der Waals surface area contributed by atoms with E-state index in [4.69, 9.17) is 9.47 Å². The molecule has 102 valence electrons. The molecular weight excluding hydrogens is 312 g/mol. The largest absolute Gasteiger partial charge is 0.475 e. The standard InChI is InChI=1S/C12H15BrN4O2/c13-10-9-14-11-1-2-12(15-17(10)11)19-8-5-16-3-6-18-7-4-16/h1-2,9H,3-8H2. The quantitative estimate of drug-likeness (QED) is 0.845. The molecule has 0 spiro atoms. The molecule has 0 unspecified atom stereocenters. The number of hydrogen-bond acceptors (Lipinski definition) is 5. The van der Waals surface area contributed by atoms with Gasteiger partial charge < -0.3 is 9.47 Å². The molecule has 0 aliphatic carbocycles. The molecular formula is C12H15BrN4O2. The number of halogens is 1. The molecule has 6 nitrogen and oxygen atoms in total. The Kier molecular flexibility index (Phi) is 3.95. The fourth-order valence-electron chi connectivity index (χ4n) is 2.01. The van der Waals surface area contributed by atoms with Gasteiger partial charge in [-0.15, -0.1) is 5.10 Å². The number of rotatable bonds is 4. The average Bonchev–Trinajstić information content (AvgIpc) is 2.82. The van der Waals surface area contributed by atoms with Crippen molar-refractivity contribution in [2.75, 3.05) is 39.5 Å². The van der Waals surface area contributed by atoms with Gasteiger partial charge in [0, 0.05) is 25.7 Å². The molecule has 2 aromatic heterocycles. The van der Waals surface area contributed by atoms with Crippen LogP contribution in [0.3, 0.4) is 0 Å². The highest BCUT2D eigenvalue weighted by atomic mass is 79.9. The van der Waals surface area contributed by atoms with E-state index < -0.39 is 0 Å². The van der Waals surface area contributed by atoms with Gasteiger partial charge in [-0.2, -0.15) is 0 Å². The van der Waals surface area contributed by atoms with Crippen LogP contribution in [0.1, 0.15) is 0 Å². The molecule has 7 heteroatoms. The Morgan fingerprint density at radius 2 is 2.16 bits per heavy atom. The molecule has 1 saturated heterocycles. The molecule has 19 heavy (non-hydrogen) atoms. The SMILES string of the molecule is Brc1cnc2ccc(OCCN3CCOCC3)nn12. The van der Waals surface area contributed by atoms with Crippen LogP contribution in [-0.2, 0) is 4.74 Å². The van der Waals surface area contributed by atoms with Crippen LogP contribution in [0.25, 0.3) is 5.65 Å². The van der Waals surface area contributed by atoms with Crippen molar-refractivity contribution in [3.63, 3.8) is 0 Å². The fourth-order valence-corrected chi connectivity index (χ4v) is 2.37. The molecule has 1 aliphatic heterocycles. The van der Waals surface area contributed by atoms with Gasteiger partial charge in [-0.3, -0.25) is 4.90 Å². The van der Waals surface area contributed by atoms with Crippen LogP contribution < -0.4 is 4.74 Å². The Morgan fingerprint density at radius 1 is 1.32 bits per heavy atom. The first-order valence-corrected chi connectivity index (χ1v) is 7.05. The first-order valence-electron chi connectivity index (χ1n) is 6.26. The van der Waals surface area contributed by atoms with Gasteiger partial charge in [-0.1, -0.05) is 0 Å². The lowest BCUT2D eigenvalue weighted by atomic mass is 10.4. The highest BCUT2D eigenvalue weighted by Crippen LogP contribution is 2.14. The Hall–Kier alpha value is -1.18. The fraction of sp³-hybridized carbons (Fsp3) is 0.500. The number of aromatic nitrogens is 3. The van der Waals surface area contributed by atoms with Crippen molar-refractivity contribution in [1.82, 2.24) is 19.5 Å². The van der Waals surface area contributed by atoms with Crippen molar-refractivity contribution in [1.29, 1.82) is 0 Å². The highest BCUT2D eigenvalue weighted by molar-refractivity contribution is 9.10. The molecule has 2 aromatic rings. The summed E-state index contributed by atoms with van der Waals surface area (Å²) in [6.45, 7) is 5.10. The predicted octanol–water partition coefficient (Wildman–Crippen LogP) is 1.20. The van der Waals surface area contributed by atoms with Crippen molar-refractivity contribution in [3.8, 4) is 5.88 Å². The second-order valence-electron chi connectivity index (χ2n) is 4.32. The van der Waals surface area contributed by atoms with Crippen LogP contribution in [0.15, 0.2) is 22.9 Å². The number of nitrogens with zero attached hydrogens (tertiary/aromatic N) is 4. The molecule has 0 bridgehead atoms. The summed E-state index contributed by atoms with van der Waals surface area (Å²) in [5, 5.41) is 4.36. The van der Waals surface area contributed by atoms with Crippen LogP contribution in [-0.4, -0.2) is 59.0 Å². The molecule has 0 saturated carbocycles. The van der Waals surface area contributed by atoms with Crippen LogP contribution in [0.2, 0.25) is 0 Å². The second kappa shape index (κ2) is 5.85. The van der Waals surface area contributed by atoms with E-state index in [9.17, 15) is 0 Å². The number of imidazole rings is 1. The van der Waals surface area contributed by atoms with Crippen molar-refractivity contribution in [2.45, 2.75) is 0 Å². The van der Waals surface area contributed by atoms with Crippen LogP contribution in [0, 0.1) is 0 Å². The molecule has 1 fully saturated rings. The van der Waals surface area contributed by atoms with E-state index in [0.29, 0.717) is 12.5 Å². The van der Waals surface area contributed by atoms with Crippen molar-refractivity contribution in [2.24, 2.45) is 0 Å². The third kappa shape index (κ3) is 3.05. The number of hydrogen-bond donors (Lipinski definition) is 0. The van der Waals surface area contributed by atoms with Crippen LogP contribution in [0.4, 0.5) is 0 Å². The van der Waals surface area contributed by atoms with Gasteiger partial charge in [0.25, 0.3) is 0 Å². The van der Waals surface area contributed by atoms with Gasteiger partial charge in [0.1, 0.15) is 11.2 Å². The van der Waals surface area contributed by atoms with Crippen molar-refractivity contribution >= 4 is 21.6 Å². The topological polar surface area (TPSA) is 51.9 Å². The molecule has 3 heterocycles. The van der Waals surface area contributed by atoms with Gasteiger partial charge in [-0.25, -0.2) is 9.50 Å². The summed E-state index contributed by atoms with van der Waals surface area (Å²) in [7, 11) is 0. The highest BCUT2D eigenvalue weighted by Gasteiger charge is 2.10. The van der Waals surface area contributed by atoms with Gasteiger partial charge in [0.2, 0.25) is 5.88 Å². The summed E-state index contributed by atoms with van der Waals surface area (Å²) in [6.07, 6.45) is 1.72. The predicted molar refractivity (Wildman–Crippen MR) is 73.4 cm³/mol. The minimum absolute atomic E-state index is 0.611. The Bertz CT molecular complexity index is 554. The Labute approximate surface area is 119 Å². The number of morpholine rings is 1. The summed E-state index contributed by atoms with van der Waals surface area (Å²) in [6, 6.07) is 3.73. The lowest BCUT2D eigenvalue weighted by molar-refractivity contribution is 0.0319. The van der Waals surface area contributed by atoms with Gasteiger partial charge >= 0.3 is 0 Å². The molecule has 0 radical (unpaired) electrons. The summed E-state index contributed by atoms with van der Waals surface area (Å²) in [5.41, 5.74) is 0.799. The lowest BCUT2D eigenvalue weighted by Crippen LogP contribution is -2.38. The monoisotopic (exact) mass is 326 g/mol. The van der Waals surface area contributed by atoms with E-state index in [-0.39, 0.29) is 0 Å². The average molecular weight is 327 g/mol. The van der Waals surface area contributed by atoms with Crippen LogP contribution >= 0.6 is 15.9 Å². The zero-order valence-corrected chi connectivity index (χ0v) is 12.0. The summed E-state index contributed by atoms with van der Waals surface area (Å²) in [5.74, 6) is 0.611. The minimum atomic E-state index is 0.611. The summed E-state index contributed by atoms with van der Waals surface area (Å²) in [4.78, 5) is 6.52. The second-order valence-corrected chi connectivity index (χ2v) is 5.14. The van der Waals surface area contributed by atoms with E-state index in [0.717, 1.165) is 43.1 Å². The first-order chi connectivity index (χ1) is 9.33. The van der Waals surface area contributed by atoms with Gasteiger partial charge in [0.05, 0.1) is 19.4 Å². The molecule has 0 amide bonds. The number of ether oxygens (including phenoxy) is 2. The smallest absolute Gasteiger partial charge is 0.231 e. The maximum absolute atomic E-state index is 5.68. The summed E-state index contributed by atoms with van der Waals surface area (Å²) < 4.78 is 13.5. The van der Waals surface area contributed by atoms with E-state index >= 15 is 0 Å². The molecule has 1 aliphatic rings. The lowest BCUT2D eigenvalue weighted by Gasteiger charge is -2.26. The molecule has 3 rings (SSSR count). The van der Waals surface area contributed by atoms with Crippen molar-refractivity contribution < 1.29 is 9.47 Å². The summed E-state index contributed by atoms with van der Waals surface area (Å²) >= 11 is 3.39. The zero-order chi connectivity index (χ0) is 13.1. The Morgan fingerprint density at radius 3 is 3.00 bits per heavy atom. The van der Waals surface area contributed by atoms with E-state index in [1.165, 1.54) is 0 Å². The minimum Gasteiger partial charge on any atom is -0.475 e. The van der Waals surface area contributed by atoms with Gasteiger partial charge in [0.15, 0.2) is 5.65 Å². The molecule has 0 N–H and O–H groups in total. The van der Waals surface area contributed by atoms with E-state index in [1.807, 2.05) is 12.1 Å².